The van der Waals surface area contributed by atoms with E-state index in [-0.39, 0.29) is 0 Å². The number of nitrogens with two attached hydrogens (primary N) is 3. The Morgan fingerprint density at radius 2 is 1.53 bits per heavy atom. The summed E-state index contributed by atoms with van der Waals surface area (Å²) in [5.74, 6) is 0. The molecule has 0 aliphatic rings. The highest BCUT2D eigenvalue weighted by Gasteiger charge is 2.05. The molecule has 0 saturated carbocycles. The molecule has 7 N–H and O–H groups in total. The van der Waals surface area contributed by atoms with Gasteiger partial charge in [0.2, 0.25) is 0 Å². The summed E-state index contributed by atoms with van der Waals surface area (Å²) in [7, 11) is 1.86. The number of anilines is 4. The lowest BCUT2D eigenvalue weighted by Gasteiger charge is -2.10. The van der Waals surface area contributed by atoms with Crippen LogP contribution in [-0.4, -0.2) is 7.05 Å². The maximum absolute atomic E-state index is 5.97. The van der Waals surface area contributed by atoms with Crippen molar-refractivity contribution in [3.8, 4) is 11.1 Å². The molecule has 88 valence electrons. The van der Waals surface area contributed by atoms with Crippen molar-refractivity contribution in [3.63, 3.8) is 0 Å². The molecule has 4 nitrogen and oxygen atoms in total. The molecule has 0 aliphatic heterocycles. The van der Waals surface area contributed by atoms with Crippen LogP contribution in [0.15, 0.2) is 36.4 Å². The fourth-order valence-electron chi connectivity index (χ4n) is 1.79. The van der Waals surface area contributed by atoms with E-state index >= 15 is 0 Å². The molecule has 0 atom stereocenters. The Kier molecular flexibility index (Phi) is 2.78. The first-order valence-corrected chi connectivity index (χ1v) is 5.34. The highest BCUT2D eigenvalue weighted by atomic mass is 14.8. The van der Waals surface area contributed by atoms with E-state index in [1.165, 1.54) is 0 Å². The number of benzene rings is 2. The minimum absolute atomic E-state index is 0.634. The molecule has 0 bridgehead atoms. The summed E-state index contributed by atoms with van der Waals surface area (Å²) < 4.78 is 0. The number of rotatable bonds is 2. The van der Waals surface area contributed by atoms with Crippen LogP contribution in [0.1, 0.15) is 0 Å². The monoisotopic (exact) mass is 228 g/mol. The Hall–Kier alpha value is -2.36. The molecule has 0 aromatic heterocycles. The molecule has 2 aromatic carbocycles. The highest BCUT2D eigenvalue weighted by molar-refractivity contribution is 5.82. The largest absolute Gasteiger partial charge is 0.399 e. The molecule has 0 fully saturated rings. The Labute approximate surface area is 100 Å². The SMILES string of the molecule is CNc1ccc(N)c(-c2cc(N)cc(N)c2)c1. The van der Waals surface area contributed by atoms with E-state index in [1.807, 2.05) is 37.4 Å². The summed E-state index contributed by atoms with van der Waals surface area (Å²) in [5, 5.41) is 3.08. The van der Waals surface area contributed by atoms with Gasteiger partial charge in [-0.05, 0) is 42.0 Å². The van der Waals surface area contributed by atoms with Gasteiger partial charge in [-0.3, -0.25) is 0 Å². The lowest BCUT2D eigenvalue weighted by atomic mass is 10.0. The van der Waals surface area contributed by atoms with E-state index in [4.69, 9.17) is 17.2 Å². The zero-order chi connectivity index (χ0) is 12.4. The molecule has 4 heteroatoms. The Morgan fingerprint density at radius 1 is 0.882 bits per heavy atom. The Bertz CT molecular complexity index is 529. The number of nitrogen functional groups attached to an aromatic ring is 3. The van der Waals surface area contributed by atoms with Crippen LogP contribution in [0.4, 0.5) is 22.7 Å². The van der Waals surface area contributed by atoms with Crippen LogP contribution < -0.4 is 22.5 Å². The van der Waals surface area contributed by atoms with Crippen LogP contribution in [-0.2, 0) is 0 Å². The van der Waals surface area contributed by atoms with Crippen molar-refractivity contribution in [2.45, 2.75) is 0 Å². The van der Waals surface area contributed by atoms with Gasteiger partial charge in [0.1, 0.15) is 0 Å². The molecule has 0 amide bonds. The fraction of sp³-hybridized carbons (Fsp3) is 0.0769. The first-order valence-electron chi connectivity index (χ1n) is 5.34. The lowest BCUT2D eigenvalue weighted by Crippen LogP contribution is -1.96. The molecule has 2 rings (SSSR count). The number of hydrogen-bond acceptors (Lipinski definition) is 4. The van der Waals surface area contributed by atoms with Gasteiger partial charge in [-0.2, -0.15) is 0 Å². The molecular weight excluding hydrogens is 212 g/mol. The summed E-state index contributed by atoms with van der Waals surface area (Å²) in [5.41, 5.74) is 22.3. The Balaban J connectivity index is 2.58. The normalized spacial score (nSPS) is 10.2. The van der Waals surface area contributed by atoms with Crippen LogP contribution in [0.25, 0.3) is 11.1 Å². The van der Waals surface area contributed by atoms with Crippen LogP contribution in [0.2, 0.25) is 0 Å². The van der Waals surface area contributed by atoms with E-state index in [2.05, 4.69) is 5.32 Å². The second-order valence-corrected chi connectivity index (χ2v) is 3.94. The third-order valence-corrected chi connectivity index (χ3v) is 2.63. The topological polar surface area (TPSA) is 90.1 Å². The average Bonchev–Trinajstić information content (AvgIpc) is 2.28. The molecule has 0 saturated heterocycles. The summed E-state index contributed by atoms with van der Waals surface area (Å²) in [6.07, 6.45) is 0. The van der Waals surface area contributed by atoms with Gasteiger partial charge in [0, 0.05) is 35.4 Å². The fourth-order valence-corrected chi connectivity index (χ4v) is 1.79. The molecule has 0 radical (unpaired) electrons. The quantitative estimate of drug-likeness (QED) is 0.593. The summed E-state index contributed by atoms with van der Waals surface area (Å²) in [4.78, 5) is 0. The maximum Gasteiger partial charge on any atom is 0.0395 e. The third-order valence-electron chi connectivity index (χ3n) is 2.63. The number of nitrogens with one attached hydrogen (secondary N) is 1. The first kappa shape index (κ1) is 11.1. The molecule has 2 aromatic rings. The van der Waals surface area contributed by atoms with Gasteiger partial charge < -0.3 is 22.5 Å². The summed E-state index contributed by atoms with van der Waals surface area (Å²) in [6, 6.07) is 11.2. The zero-order valence-corrected chi connectivity index (χ0v) is 9.70. The molecule has 0 spiro atoms. The minimum Gasteiger partial charge on any atom is -0.399 e. The number of hydrogen-bond donors (Lipinski definition) is 4. The lowest BCUT2D eigenvalue weighted by molar-refractivity contribution is 1.50. The third kappa shape index (κ3) is 2.25. The average molecular weight is 228 g/mol. The second kappa shape index (κ2) is 4.25. The molecule has 0 heterocycles. The molecular formula is C13H16N4. The van der Waals surface area contributed by atoms with Crippen LogP contribution >= 0.6 is 0 Å². The van der Waals surface area contributed by atoms with Crippen molar-refractivity contribution in [3.05, 3.63) is 36.4 Å². The first-order chi connectivity index (χ1) is 8.10. The van der Waals surface area contributed by atoms with Gasteiger partial charge in [-0.1, -0.05) is 0 Å². The van der Waals surface area contributed by atoms with Crippen molar-refractivity contribution in [1.29, 1.82) is 0 Å². The van der Waals surface area contributed by atoms with E-state index in [0.717, 1.165) is 16.8 Å². The van der Waals surface area contributed by atoms with Gasteiger partial charge in [0.05, 0.1) is 0 Å². The summed E-state index contributed by atoms with van der Waals surface area (Å²) in [6.45, 7) is 0. The standard InChI is InChI=1S/C13H16N4/c1-17-11-2-3-13(16)12(7-11)8-4-9(14)6-10(15)5-8/h2-7,17H,14-16H2,1H3. The molecule has 0 aliphatic carbocycles. The van der Waals surface area contributed by atoms with Crippen molar-refractivity contribution < 1.29 is 0 Å². The predicted octanol–water partition coefficient (Wildman–Crippen LogP) is 2.14. The van der Waals surface area contributed by atoms with E-state index < -0.39 is 0 Å². The highest BCUT2D eigenvalue weighted by Crippen LogP contribution is 2.31. The molecule has 0 unspecified atom stereocenters. The van der Waals surface area contributed by atoms with Crippen LogP contribution in [0, 0.1) is 0 Å². The predicted molar refractivity (Wildman–Crippen MR) is 74.7 cm³/mol. The van der Waals surface area contributed by atoms with Crippen molar-refractivity contribution in [2.24, 2.45) is 0 Å². The van der Waals surface area contributed by atoms with Gasteiger partial charge in [-0.15, -0.1) is 0 Å². The van der Waals surface area contributed by atoms with Gasteiger partial charge >= 0.3 is 0 Å². The Morgan fingerprint density at radius 3 is 2.12 bits per heavy atom. The second-order valence-electron chi connectivity index (χ2n) is 3.94. The maximum atomic E-state index is 5.97. The van der Waals surface area contributed by atoms with Gasteiger partial charge in [0.25, 0.3) is 0 Å². The minimum atomic E-state index is 0.634. The molecule has 17 heavy (non-hydrogen) atoms. The zero-order valence-electron chi connectivity index (χ0n) is 9.70. The van der Waals surface area contributed by atoms with Gasteiger partial charge in [-0.25, -0.2) is 0 Å². The van der Waals surface area contributed by atoms with Crippen molar-refractivity contribution in [1.82, 2.24) is 0 Å². The van der Waals surface area contributed by atoms with Crippen molar-refractivity contribution >= 4 is 22.7 Å². The van der Waals surface area contributed by atoms with Crippen molar-refractivity contribution in [2.75, 3.05) is 29.6 Å². The van der Waals surface area contributed by atoms with E-state index in [0.29, 0.717) is 17.1 Å². The van der Waals surface area contributed by atoms with E-state index in [9.17, 15) is 0 Å². The van der Waals surface area contributed by atoms with Crippen LogP contribution in [0.3, 0.4) is 0 Å². The summed E-state index contributed by atoms with van der Waals surface area (Å²) >= 11 is 0. The van der Waals surface area contributed by atoms with Gasteiger partial charge in [0.15, 0.2) is 0 Å². The smallest absolute Gasteiger partial charge is 0.0395 e. The van der Waals surface area contributed by atoms with E-state index in [1.54, 1.807) is 6.07 Å². The van der Waals surface area contributed by atoms with Crippen LogP contribution in [0.5, 0.6) is 0 Å².